The van der Waals surface area contributed by atoms with E-state index in [9.17, 15) is 9.59 Å². The average molecular weight is 417 g/mol. The Bertz CT molecular complexity index is 858. The van der Waals surface area contributed by atoms with Gasteiger partial charge in [-0.25, -0.2) is 0 Å². The van der Waals surface area contributed by atoms with E-state index in [0.29, 0.717) is 11.4 Å². The van der Waals surface area contributed by atoms with Gasteiger partial charge in [0.05, 0.1) is 5.69 Å². The number of benzene rings is 2. The van der Waals surface area contributed by atoms with Crippen LogP contribution in [-0.2, 0) is 15.0 Å². The van der Waals surface area contributed by atoms with Gasteiger partial charge in [-0.3, -0.25) is 14.5 Å². The molecule has 136 valence electrons. The summed E-state index contributed by atoms with van der Waals surface area (Å²) in [4.78, 5) is 26.4. The number of rotatable bonds is 3. The summed E-state index contributed by atoms with van der Waals surface area (Å²) in [5, 5.41) is 2.94. The summed E-state index contributed by atoms with van der Waals surface area (Å²) in [6.45, 7) is 6.15. The molecule has 0 atom stereocenters. The van der Waals surface area contributed by atoms with Crippen molar-refractivity contribution >= 4 is 39.1 Å². The van der Waals surface area contributed by atoms with E-state index in [1.165, 1.54) is 4.90 Å². The van der Waals surface area contributed by atoms with Crippen molar-refractivity contribution in [1.29, 1.82) is 0 Å². The molecule has 0 spiro atoms. The third kappa shape index (κ3) is 3.90. The molecule has 3 rings (SSSR count). The number of fused-ring (bicyclic) bond motifs is 1. The number of halogens is 1. The van der Waals surface area contributed by atoms with Crippen LogP contribution >= 0.6 is 15.9 Å². The number of carbonyl (C=O) groups excluding carboxylic acids is 2. The normalized spacial score (nSPS) is 13.8. The zero-order chi connectivity index (χ0) is 18.9. The Morgan fingerprint density at radius 1 is 1.23 bits per heavy atom. The van der Waals surface area contributed by atoms with Crippen molar-refractivity contribution < 1.29 is 14.3 Å². The van der Waals surface area contributed by atoms with Crippen LogP contribution in [-0.4, -0.2) is 25.0 Å². The van der Waals surface area contributed by atoms with Gasteiger partial charge in [0, 0.05) is 10.2 Å². The predicted molar refractivity (Wildman–Crippen MR) is 106 cm³/mol. The van der Waals surface area contributed by atoms with Crippen molar-refractivity contribution in [3.05, 3.63) is 52.5 Å². The lowest BCUT2D eigenvalue weighted by atomic mass is 9.86. The highest BCUT2D eigenvalue weighted by Crippen LogP contribution is 2.34. The number of hydrogen-bond donors (Lipinski definition) is 1. The second kappa shape index (κ2) is 7.11. The van der Waals surface area contributed by atoms with Gasteiger partial charge >= 0.3 is 0 Å². The second-order valence-electron chi connectivity index (χ2n) is 7.22. The smallest absolute Gasteiger partial charge is 0.265 e. The van der Waals surface area contributed by atoms with E-state index in [1.54, 1.807) is 12.1 Å². The molecule has 2 aromatic carbocycles. The molecule has 0 aromatic heterocycles. The lowest BCUT2D eigenvalue weighted by Crippen LogP contribution is -2.43. The Hall–Kier alpha value is -2.34. The van der Waals surface area contributed by atoms with Crippen LogP contribution in [0, 0.1) is 0 Å². The molecule has 1 aliphatic rings. The maximum absolute atomic E-state index is 12.6. The Kier molecular flexibility index (Phi) is 5.05. The summed E-state index contributed by atoms with van der Waals surface area (Å²) in [5.74, 6) is 0.103. The van der Waals surface area contributed by atoms with Crippen molar-refractivity contribution in [3.8, 4) is 5.75 Å². The molecule has 0 aliphatic carbocycles. The number of ether oxygens (including phenoxy) is 1. The van der Waals surface area contributed by atoms with Gasteiger partial charge in [0.15, 0.2) is 6.61 Å². The van der Waals surface area contributed by atoms with Crippen molar-refractivity contribution in [3.63, 3.8) is 0 Å². The Labute approximate surface area is 161 Å². The standard InChI is InChI=1S/C20H21BrN2O3/c1-20(2,3)14-6-4-5-7-15(14)22-18(24)11-23-16-9-8-13(21)10-17(16)26-12-19(23)25/h4-10H,11-12H2,1-3H3,(H,22,24). The summed E-state index contributed by atoms with van der Waals surface area (Å²) in [5.41, 5.74) is 2.31. The number of nitrogens with one attached hydrogen (secondary N) is 1. The molecule has 0 saturated carbocycles. The van der Waals surface area contributed by atoms with Crippen LogP contribution in [0.2, 0.25) is 0 Å². The first-order chi connectivity index (χ1) is 12.3. The summed E-state index contributed by atoms with van der Waals surface area (Å²) >= 11 is 3.38. The third-order valence-electron chi connectivity index (χ3n) is 4.18. The quantitative estimate of drug-likeness (QED) is 0.818. The molecule has 5 nitrogen and oxygen atoms in total. The molecule has 0 bridgehead atoms. The fraction of sp³-hybridized carbons (Fsp3) is 0.300. The van der Waals surface area contributed by atoms with Crippen LogP contribution in [0.3, 0.4) is 0 Å². The summed E-state index contributed by atoms with van der Waals surface area (Å²) in [6, 6.07) is 13.1. The molecule has 0 unspecified atom stereocenters. The van der Waals surface area contributed by atoms with Crippen LogP contribution in [0.4, 0.5) is 11.4 Å². The van der Waals surface area contributed by atoms with Crippen molar-refractivity contribution in [2.75, 3.05) is 23.4 Å². The highest BCUT2D eigenvalue weighted by Gasteiger charge is 2.28. The summed E-state index contributed by atoms with van der Waals surface area (Å²) in [7, 11) is 0. The van der Waals surface area contributed by atoms with E-state index in [0.717, 1.165) is 15.7 Å². The highest BCUT2D eigenvalue weighted by atomic mass is 79.9. The highest BCUT2D eigenvalue weighted by molar-refractivity contribution is 9.10. The van der Waals surface area contributed by atoms with E-state index < -0.39 is 0 Å². The summed E-state index contributed by atoms with van der Waals surface area (Å²) < 4.78 is 6.31. The van der Waals surface area contributed by atoms with Gasteiger partial charge < -0.3 is 10.1 Å². The van der Waals surface area contributed by atoms with E-state index in [-0.39, 0.29) is 30.4 Å². The van der Waals surface area contributed by atoms with Gasteiger partial charge in [0.2, 0.25) is 5.91 Å². The van der Waals surface area contributed by atoms with Gasteiger partial charge in [-0.1, -0.05) is 54.9 Å². The molecule has 0 saturated heterocycles. The maximum Gasteiger partial charge on any atom is 0.265 e. The third-order valence-corrected chi connectivity index (χ3v) is 4.67. The SMILES string of the molecule is CC(C)(C)c1ccccc1NC(=O)CN1C(=O)COc2cc(Br)ccc21. The Morgan fingerprint density at radius 3 is 2.69 bits per heavy atom. The molecule has 6 heteroatoms. The molecular weight excluding hydrogens is 396 g/mol. The van der Waals surface area contributed by atoms with Crippen molar-refractivity contribution in [1.82, 2.24) is 0 Å². The lowest BCUT2D eigenvalue weighted by molar-refractivity contribution is -0.123. The van der Waals surface area contributed by atoms with Crippen LogP contribution in [0.15, 0.2) is 46.9 Å². The number of para-hydroxylation sites is 1. The monoisotopic (exact) mass is 416 g/mol. The fourth-order valence-electron chi connectivity index (χ4n) is 2.93. The zero-order valence-corrected chi connectivity index (χ0v) is 16.6. The lowest BCUT2D eigenvalue weighted by Gasteiger charge is -2.29. The molecule has 1 N–H and O–H groups in total. The molecule has 0 radical (unpaired) electrons. The van der Waals surface area contributed by atoms with Crippen LogP contribution in [0.25, 0.3) is 0 Å². The fourth-order valence-corrected chi connectivity index (χ4v) is 3.27. The minimum Gasteiger partial charge on any atom is -0.482 e. The van der Waals surface area contributed by atoms with E-state index in [2.05, 4.69) is 42.0 Å². The van der Waals surface area contributed by atoms with Crippen LogP contribution in [0.5, 0.6) is 5.75 Å². The molecule has 26 heavy (non-hydrogen) atoms. The van der Waals surface area contributed by atoms with Crippen molar-refractivity contribution in [2.24, 2.45) is 0 Å². The molecule has 0 fully saturated rings. The van der Waals surface area contributed by atoms with Gasteiger partial charge in [0.25, 0.3) is 5.91 Å². The van der Waals surface area contributed by atoms with Gasteiger partial charge in [-0.2, -0.15) is 0 Å². The average Bonchev–Trinajstić information content (AvgIpc) is 2.57. The molecule has 1 aliphatic heterocycles. The molecule has 1 heterocycles. The first-order valence-corrected chi connectivity index (χ1v) is 9.17. The molecule has 2 amide bonds. The summed E-state index contributed by atoms with van der Waals surface area (Å²) in [6.07, 6.45) is 0. The first kappa shape index (κ1) is 18.5. The first-order valence-electron chi connectivity index (χ1n) is 8.38. The van der Waals surface area contributed by atoms with Gasteiger partial charge in [0.1, 0.15) is 12.3 Å². The Balaban J connectivity index is 1.81. The molecule has 2 aromatic rings. The number of nitrogens with zero attached hydrogens (tertiary/aromatic N) is 1. The van der Waals surface area contributed by atoms with Crippen LogP contribution < -0.4 is 15.0 Å². The Morgan fingerprint density at radius 2 is 1.96 bits per heavy atom. The maximum atomic E-state index is 12.6. The van der Waals surface area contributed by atoms with E-state index in [1.807, 2.05) is 30.3 Å². The van der Waals surface area contributed by atoms with Crippen LogP contribution in [0.1, 0.15) is 26.3 Å². The zero-order valence-electron chi connectivity index (χ0n) is 15.0. The van der Waals surface area contributed by atoms with Gasteiger partial charge in [-0.15, -0.1) is 0 Å². The minimum absolute atomic E-state index is 0.0602. The number of hydrogen-bond acceptors (Lipinski definition) is 3. The van der Waals surface area contributed by atoms with Crippen molar-refractivity contribution in [2.45, 2.75) is 26.2 Å². The minimum atomic E-state index is -0.245. The van der Waals surface area contributed by atoms with E-state index in [4.69, 9.17) is 4.74 Å². The largest absolute Gasteiger partial charge is 0.482 e. The number of amides is 2. The number of carbonyl (C=O) groups is 2. The predicted octanol–water partition coefficient (Wildman–Crippen LogP) is 4.11. The van der Waals surface area contributed by atoms with E-state index >= 15 is 0 Å². The molecular formula is C20H21BrN2O3. The number of anilines is 2. The topological polar surface area (TPSA) is 58.6 Å². The van der Waals surface area contributed by atoms with Gasteiger partial charge in [-0.05, 0) is 35.2 Å². The second-order valence-corrected chi connectivity index (χ2v) is 8.14.